The number of hydrogen-bond acceptors (Lipinski definition) is 3. The van der Waals surface area contributed by atoms with Gasteiger partial charge in [-0.2, -0.15) is 0 Å². The summed E-state index contributed by atoms with van der Waals surface area (Å²) in [6, 6.07) is 0. The van der Waals surface area contributed by atoms with Gasteiger partial charge in [0.2, 0.25) is 0 Å². The lowest BCUT2D eigenvalue weighted by atomic mass is 9.83. The number of sulfone groups is 1. The summed E-state index contributed by atoms with van der Waals surface area (Å²) in [7, 11) is -2.74. The van der Waals surface area contributed by atoms with Crippen molar-refractivity contribution in [1.29, 1.82) is 0 Å². The van der Waals surface area contributed by atoms with Crippen LogP contribution in [0.3, 0.4) is 0 Å². The summed E-state index contributed by atoms with van der Waals surface area (Å²) in [5.74, 6) is 3.34. The maximum atomic E-state index is 11.7. The van der Waals surface area contributed by atoms with E-state index in [0.29, 0.717) is 29.3 Å². The van der Waals surface area contributed by atoms with Gasteiger partial charge >= 0.3 is 0 Å². The highest BCUT2D eigenvalue weighted by Gasteiger charge is 2.34. The molecular formula is C16H31NO2S. The van der Waals surface area contributed by atoms with Gasteiger partial charge in [-0.05, 0) is 49.6 Å². The molecule has 1 aliphatic heterocycles. The van der Waals surface area contributed by atoms with Gasteiger partial charge in [0, 0.05) is 0 Å². The zero-order valence-electron chi connectivity index (χ0n) is 13.1. The summed E-state index contributed by atoms with van der Waals surface area (Å²) >= 11 is 0. The van der Waals surface area contributed by atoms with Crippen molar-refractivity contribution in [2.24, 2.45) is 23.7 Å². The second-order valence-corrected chi connectivity index (χ2v) is 9.59. The van der Waals surface area contributed by atoms with E-state index in [9.17, 15) is 8.42 Å². The Labute approximate surface area is 124 Å². The van der Waals surface area contributed by atoms with Crippen LogP contribution in [0, 0.1) is 23.7 Å². The van der Waals surface area contributed by atoms with Crippen LogP contribution in [0.5, 0.6) is 0 Å². The maximum absolute atomic E-state index is 11.7. The van der Waals surface area contributed by atoms with Crippen molar-refractivity contribution in [2.45, 2.75) is 52.4 Å². The molecule has 1 saturated heterocycles. The topological polar surface area (TPSA) is 46.2 Å². The quantitative estimate of drug-likeness (QED) is 0.786. The molecule has 2 unspecified atom stereocenters. The zero-order valence-corrected chi connectivity index (χ0v) is 13.9. The molecule has 118 valence electrons. The van der Waals surface area contributed by atoms with Crippen molar-refractivity contribution >= 4 is 9.84 Å². The second-order valence-electron chi connectivity index (χ2n) is 7.36. The smallest absolute Gasteiger partial charge is 0.150 e. The van der Waals surface area contributed by atoms with Gasteiger partial charge in [0.1, 0.15) is 0 Å². The van der Waals surface area contributed by atoms with Crippen LogP contribution in [-0.2, 0) is 9.84 Å². The predicted molar refractivity (Wildman–Crippen MR) is 84.5 cm³/mol. The number of rotatable bonds is 7. The van der Waals surface area contributed by atoms with E-state index in [1.54, 1.807) is 0 Å². The van der Waals surface area contributed by atoms with Crippen molar-refractivity contribution in [1.82, 2.24) is 5.32 Å². The van der Waals surface area contributed by atoms with Gasteiger partial charge in [-0.15, -0.1) is 0 Å². The first-order chi connectivity index (χ1) is 9.46. The van der Waals surface area contributed by atoms with E-state index in [1.807, 2.05) is 0 Å². The first-order valence-electron chi connectivity index (χ1n) is 8.37. The first kappa shape index (κ1) is 16.3. The van der Waals surface area contributed by atoms with Gasteiger partial charge in [0.15, 0.2) is 9.84 Å². The molecule has 1 aliphatic carbocycles. The Hall–Kier alpha value is -0.0900. The minimum absolute atomic E-state index is 0.403. The Morgan fingerprint density at radius 3 is 2.35 bits per heavy atom. The van der Waals surface area contributed by atoms with E-state index in [1.165, 1.54) is 32.1 Å². The standard InChI is InChI=1S/C16H31NO2S/c1-13(2)10-17-11-16(9-14-5-3-4-6-14)15-7-8-20(18,19)12-15/h13-17H,3-12H2,1-2H3. The van der Waals surface area contributed by atoms with E-state index in [2.05, 4.69) is 19.2 Å². The highest BCUT2D eigenvalue weighted by atomic mass is 32.2. The Bertz CT molecular complexity index is 385. The Morgan fingerprint density at radius 1 is 1.10 bits per heavy atom. The molecule has 0 aromatic rings. The third-order valence-corrected chi connectivity index (χ3v) is 6.80. The number of nitrogens with one attached hydrogen (secondary N) is 1. The fourth-order valence-electron chi connectivity index (χ4n) is 3.87. The third-order valence-electron chi connectivity index (χ3n) is 5.00. The molecule has 0 aromatic heterocycles. The lowest BCUT2D eigenvalue weighted by Gasteiger charge is -2.26. The van der Waals surface area contributed by atoms with Crippen LogP contribution in [0.4, 0.5) is 0 Å². The molecule has 2 fully saturated rings. The largest absolute Gasteiger partial charge is 0.316 e. The molecule has 2 atom stereocenters. The molecule has 1 heterocycles. The van der Waals surface area contributed by atoms with Gasteiger partial charge in [-0.1, -0.05) is 39.5 Å². The van der Waals surface area contributed by atoms with Crippen molar-refractivity contribution in [3.8, 4) is 0 Å². The van der Waals surface area contributed by atoms with Gasteiger partial charge in [0.05, 0.1) is 11.5 Å². The molecule has 1 N–H and O–H groups in total. The van der Waals surface area contributed by atoms with Crippen LogP contribution in [0.25, 0.3) is 0 Å². The molecule has 0 spiro atoms. The van der Waals surface area contributed by atoms with Gasteiger partial charge in [0.25, 0.3) is 0 Å². The molecule has 2 rings (SSSR count). The van der Waals surface area contributed by atoms with Gasteiger partial charge in [-0.25, -0.2) is 8.42 Å². The van der Waals surface area contributed by atoms with Crippen molar-refractivity contribution in [3.63, 3.8) is 0 Å². The summed E-state index contributed by atoms with van der Waals surface area (Å²) < 4.78 is 23.5. The Kier molecular flexibility index (Phi) is 5.91. The highest BCUT2D eigenvalue weighted by Crippen LogP contribution is 2.36. The van der Waals surface area contributed by atoms with Crippen LogP contribution in [0.1, 0.15) is 52.4 Å². The van der Waals surface area contributed by atoms with E-state index in [0.717, 1.165) is 25.4 Å². The van der Waals surface area contributed by atoms with Crippen molar-refractivity contribution in [3.05, 3.63) is 0 Å². The molecule has 1 saturated carbocycles. The highest BCUT2D eigenvalue weighted by molar-refractivity contribution is 7.91. The van der Waals surface area contributed by atoms with E-state index >= 15 is 0 Å². The van der Waals surface area contributed by atoms with Crippen molar-refractivity contribution < 1.29 is 8.42 Å². The minimum Gasteiger partial charge on any atom is -0.316 e. The summed E-state index contributed by atoms with van der Waals surface area (Å²) in [4.78, 5) is 0. The van der Waals surface area contributed by atoms with Gasteiger partial charge < -0.3 is 5.32 Å². The molecule has 3 nitrogen and oxygen atoms in total. The Balaban J connectivity index is 1.88. The normalized spacial score (nSPS) is 28.2. The summed E-state index contributed by atoms with van der Waals surface area (Å²) in [6.07, 6.45) is 7.61. The average molecular weight is 301 g/mol. The molecular weight excluding hydrogens is 270 g/mol. The Morgan fingerprint density at radius 2 is 1.80 bits per heavy atom. The fraction of sp³-hybridized carbons (Fsp3) is 1.00. The molecule has 0 aromatic carbocycles. The second kappa shape index (κ2) is 7.26. The molecule has 2 aliphatic rings. The number of hydrogen-bond donors (Lipinski definition) is 1. The van der Waals surface area contributed by atoms with Crippen LogP contribution in [0.15, 0.2) is 0 Å². The molecule has 4 heteroatoms. The van der Waals surface area contributed by atoms with Crippen LogP contribution in [-0.4, -0.2) is 33.0 Å². The average Bonchev–Trinajstić information content (AvgIpc) is 2.97. The van der Waals surface area contributed by atoms with Crippen molar-refractivity contribution in [2.75, 3.05) is 24.6 Å². The fourth-order valence-corrected chi connectivity index (χ4v) is 5.79. The van der Waals surface area contributed by atoms with E-state index in [4.69, 9.17) is 0 Å². The summed E-state index contributed by atoms with van der Waals surface area (Å²) in [5.41, 5.74) is 0. The molecule has 20 heavy (non-hydrogen) atoms. The summed E-state index contributed by atoms with van der Waals surface area (Å²) in [6.45, 7) is 6.49. The van der Waals surface area contributed by atoms with E-state index in [-0.39, 0.29) is 0 Å². The van der Waals surface area contributed by atoms with Gasteiger partial charge in [-0.3, -0.25) is 0 Å². The van der Waals surface area contributed by atoms with Crippen LogP contribution in [0.2, 0.25) is 0 Å². The minimum atomic E-state index is -2.74. The summed E-state index contributed by atoms with van der Waals surface area (Å²) in [5, 5.41) is 3.57. The predicted octanol–water partition coefficient (Wildman–Crippen LogP) is 2.86. The lowest BCUT2D eigenvalue weighted by molar-refractivity contribution is 0.273. The maximum Gasteiger partial charge on any atom is 0.150 e. The SMILES string of the molecule is CC(C)CNCC(CC1CCCC1)C1CCS(=O)(=O)C1. The van der Waals surface area contributed by atoms with Crippen LogP contribution >= 0.6 is 0 Å². The molecule has 0 radical (unpaired) electrons. The first-order valence-corrected chi connectivity index (χ1v) is 10.2. The zero-order chi connectivity index (χ0) is 14.6. The monoisotopic (exact) mass is 301 g/mol. The van der Waals surface area contributed by atoms with Crippen LogP contribution < -0.4 is 5.32 Å². The molecule has 0 bridgehead atoms. The lowest BCUT2D eigenvalue weighted by Crippen LogP contribution is -2.32. The third kappa shape index (κ3) is 5.03. The van der Waals surface area contributed by atoms with E-state index < -0.39 is 9.84 Å². The molecule has 0 amide bonds.